The summed E-state index contributed by atoms with van der Waals surface area (Å²) in [7, 11) is 3.54. The van der Waals surface area contributed by atoms with Gasteiger partial charge in [-0.3, -0.25) is 9.67 Å². The predicted octanol–water partition coefficient (Wildman–Crippen LogP) is 3.08. The van der Waals surface area contributed by atoms with E-state index in [4.69, 9.17) is 9.47 Å². The van der Waals surface area contributed by atoms with E-state index < -0.39 is 0 Å². The molecule has 140 valence electrons. The molecule has 0 radical (unpaired) electrons. The molecular weight excluding hydrogens is 342 g/mol. The number of aryl methyl sites for hydroxylation is 3. The van der Waals surface area contributed by atoms with Gasteiger partial charge in [-0.25, -0.2) is 4.98 Å². The summed E-state index contributed by atoms with van der Waals surface area (Å²) < 4.78 is 13.1. The Hall–Kier alpha value is -2.96. The Bertz CT molecular complexity index is 952. The topological polar surface area (TPSA) is 75.0 Å². The number of nitrogens with zero attached hydrogens (tertiary/aromatic N) is 5. The highest BCUT2D eigenvalue weighted by Gasteiger charge is 2.40. The molecule has 0 amide bonds. The highest BCUT2D eigenvalue weighted by Crippen LogP contribution is 2.47. The summed E-state index contributed by atoms with van der Waals surface area (Å²) in [5.41, 5.74) is 3.87. The maximum Gasteiger partial charge on any atom is 0.225 e. The first-order valence-corrected chi connectivity index (χ1v) is 9.02. The Morgan fingerprint density at radius 2 is 2.04 bits per heavy atom. The van der Waals surface area contributed by atoms with E-state index in [-0.39, 0.29) is 0 Å². The van der Waals surface area contributed by atoms with E-state index in [0.29, 0.717) is 30.1 Å². The van der Waals surface area contributed by atoms with Crippen LogP contribution in [-0.2, 0) is 7.05 Å². The maximum atomic E-state index is 6.14. The van der Waals surface area contributed by atoms with Crippen LogP contribution >= 0.6 is 0 Å². The van der Waals surface area contributed by atoms with Crippen molar-refractivity contribution in [2.45, 2.75) is 26.2 Å². The van der Waals surface area contributed by atoms with Gasteiger partial charge in [-0.2, -0.15) is 10.1 Å². The molecular formula is C20H23N5O2. The van der Waals surface area contributed by atoms with Gasteiger partial charge in [0, 0.05) is 36.3 Å². The van der Waals surface area contributed by atoms with Gasteiger partial charge in [-0.05, 0) is 32.4 Å². The highest BCUT2D eigenvalue weighted by atomic mass is 16.5. The van der Waals surface area contributed by atoms with Gasteiger partial charge < -0.3 is 9.47 Å². The third kappa shape index (κ3) is 3.63. The number of hydrogen-bond acceptors (Lipinski definition) is 6. The van der Waals surface area contributed by atoms with E-state index in [1.807, 2.05) is 45.4 Å². The minimum atomic E-state index is 0.432. The van der Waals surface area contributed by atoms with Crippen LogP contribution < -0.4 is 9.47 Å². The van der Waals surface area contributed by atoms with Gasteiger partial charge in [0.1, 0.15) is 11.6 Å². The second-order valence-electron chi connectivity index (χ2n) is 6.98. The Morgan fingerprint density at radius 1 is 1.19 bits per heavy atom. The van der Waals surface area contributed by atoms with Crippen molar-refractivity contribution in [2.24, 2.45) is 13.0 Å². The van der Waals surface area contributed by atoms with Crippen molar-refractivity contribution in [1.82, 2.24) is 24.7 Å². The molecule has 27 heavy (non-hydrogen) atoms. The van der Waals surface area contributed by atoms with Crippen molar-refractivity contribution in [3.05, 3.63) is 47.9 Å². The van der Waals surface area contributed by atoms with Gasteiger partial charge in [0.15, 0.2) is 0 Å². The fraction of sp³-hybridized carbons (Fsp3) is 0.400. The molecule has 7 heteroatoms. The molecule has 1 aliphatic rings. The number of pyridine rings is 1. The van der Waals surface area contributed by atoms with Crippen LogP contribution in [-0.4, -0.2) is 38.4 Å². The first-order chi connectivity index (χ1) is 13.0. The quantitative estimate of drug-likeness (QED) is 0.668. The highest BCUT2D eigenvalue weighted by molar-refractivity contribution is 5.69. The maximum absolute atomic E-state index is 6.14. The van der Waals surface area contributed by atoms with Crippen molar-refractivity contribution < 1.29 is 9.47 Å². The van der Waals surface area contributed by atoms with Crippen LogP contribution in [0.25, 0.3) is 11.1 Å². The normalized spacial score (nSPS) is 18.4. The zero-order chi connectivity index (χ0) is 19.0. The van der Waals surface area contributed by atoms with E-state index in [1.54, 1.807) is 18.0 Å². The average Bonchev–Trinajstić information content (AvgIpc) is 3.31. The summed E-state index contributed by atoms with van der Waals surface area (Å²) in [6.07, 6.45) is 6.61. The van der Waals surface area contributed by atoms with Crippen LogP contribution in [0.3, 0.4) is 0 Å². The van der Waals surface area contributed by atoms with Gasteiger partial charge in [-0.1, -0.05) is 0 Å². The van der Waals surface area contributed by atoms with Crippen LogP contribution in [0.4, 0.5) is 0 Å². The summed E-state index contributed by atoms with van der Waals surface area (Å²) in [6, 6.07) is 3.99. The zero-order valence-corrected chi connectivity index (χ0v) is 16.0. The van der Waals surface area contributed by atoms with Crippen molar-refractivity contribution in [3.8, 4) is 22.8 Å². The Kier molecular flexibility index (Phi) is 4.51. The third-order valence-electron chi connectivity index (χ3n) is 4.89. The second kappa shape index (κ2) is 6.98. The molecule has 0 aliphatic heterocycles. The van der Waals surface area contributed by atoms with Gasteiger partial charge in [-0.15, -0.1) is 0 Å². The van der Waals surface area contributed by atoms with E-state index in [1.165, 1.54) is 0 Å². The Morgan fingerprint density at radius 3 is 2.70 bits per heavy atom. The molecule has 3 heterocycles. The van der Waals surface area contributed by atoms with Crippen molar-refractivity contribution in [1.29, 1.82) is 0 Å². The van der Waals surface area contributed by atoms with Crippen molar-refractivity contribution >= 4 is 0 Å². The molecule has 3 aromatic rings. The molecule has 1 saturated carbocycles. The summed E-state index contributed by atoms with van der Waals surface area (Å²) in [5, 5.41) is 4.26. The van der Waals surface area contributed by atoms with Crippen LogP contribution in [0, 0.1) is 19.8 Å². The molecule has 0 spiro atoms. The van der Waals surface area contributed by atoms with Crippen LogP contribution in [0.2, 0.25) is 0 Å². The lowest BCUT2D eigenvalue weighted by atomic mass is 10.1. The first kappa shape index (κ1) is 17.5. The van der Waals surface area contributed by atoms with E-state index in [0.717, 1.165) is 34.7 Å². The molecule has 2 atom stereocenters. The Balaban J connectivity index is 1.49. The largest absolute Gasteiger partial charge is 0.495 e. The molecule has 1 fully saturated rings. The van der Waals surface area contributed by atoms with Crippen LogP contribution in [0.5, 0.6) is 11.6 Å². The Labute approximate surface area is 158 Å². The average molecular weight is 365 g/mol. The molecule has 0 bridgehead atoms. The summed E-state index contributed by atoms with van der Waals surface area (Å²) >= 11 is 0. The van der Waals surface area contributed by atoms with Gasteiger partial charge in [0.05, 0.1) is 37.4 Å². The standard InChI is InChI=1S/C20H23N5O2/c1-12-19(15-8-22-25(3)10-15)20(24-13(2)23-12)27-11-14-7-17(14)18-6-5-16(26-4)9-21-18/h5-6,8-10,14,17H,7,11H2,1-4H3. The first-order valence-electron chi connectivity index (χ1n) is 9.02. The molecule has 0 saturated heterocycles. The SMILES string of the molecule is COc1ccc(C2CC2COc2nc(C)nc(C)c2-c2cnn(C)c2)nc1. The molecule has 0 N–H and O–H groups in total. The van der Waals surface area contributed by atoms with Crippen molar-refractivity contribution in [3.63, 3.8) is 0 Å². The minimum absolute atomic E-state index is 0.432. The number of aromatic nitrogens is 5. The number of hydrogen-bond donors (Lipinski definition) is 0. The van der Waals surface area contributed by atoms with Crippen LogP contribution in [0.15, 0.2) is 30.7 Å². The van der Waals surface area contributed by atoms with Crippen molar-refractivity contribution in [2.75, 3.05) is 13.7 Å². The fourth-order valence-corrected chi connectivity index (χ4v) is 3.38. The third-order valence-corrected chi connectivity index (χ3v) is 4.89. The lowest BCUT2D eigenvalue weighted by Crippen LogP contribution is -2.07. The second-order valence-corrected chi connectivity index (χ2v) is 6.98. The monoisotopic (exact) mass is 365 g/mol. The summed E-state index contributed by atoms with van der Waals surface area (Å²) in [6.45, 7) is 4.47. The molecule has 1 aliphatic carbocycles. The van der Waals surface area contributed by atoms with E-state index >= 15 is 0 Å². The number of methoxy groups -OCH3 is 1. The zero-order valence-electron chi connectivity index (χ0n) is 16.0. The van der Waals surface area contributed by atoms with Gasteiger partial charge in [0.2, 0.25) is 5.88 Å². The molecule has 0 aromatic carbocycles. The number of ether oxygens (including phenoxy) is 2. The lowest BCUT2D eigenvalue weighted by Gasteiger charge is -2.12. The molecule has 4 rings (SSSR count). The van der Waals surface area contributed by atoms with Gasteiger partial charge in [0.25, 0.3) is 0 Å². The predicted molar refractivity (Wildman–Crippen MR) is 101 cm³/mol. The van der Waals surface area contributed by atoms with Gasteiger partial charge >= 0.3 is 0 Å². The fourth-order valence-electron chi connectivity index (χ4n) is 3.38. The summed E-state index contributed by atoms with van der Waals surface area (Å²) in [4.78, 5) is 13.5. The number of rotatable bonds is 6. The lowest BCUT2D eigenvalue weighted by molar-refractivity contribution is 0.285. The van der Waals surface area contributed by atoms with E-state index in [9.17, 15) is 0 Å². The van der Waals surface area contributed by atoms with Crippen LogP contribution in [0.1, 0.15) is 29.6 Å². The smallest absolute Gasteiger partial charge is 0.225 e. The van der Waals surface area contributed by atoms with E-state index in [2.05, 4.69) is 20.1 Å². The molecule has 7 nitrogen and oxygen atoms in total. The minimum Gasteiger partial charge on any atom is -0.495 e. The molecule has 2 unspecified atom stereocenters. The summed E-state index contributed by atoms with van der Waals surface area (Å²) in [5.74, 6) is 2.99. The molecule has 3 aromatic heterocycles.